The van der Waals surface area contributed by atoms with Gasteiger partial charge in [0.05, 0.1) is 13.2 Å². The number of Topliss-reactive ketones (excluding diaryl/α,β-unsaturated/α-hetero) is 1. The Hall–Kier alpha value is -5.11. The molecule has 0 aromatic heterocycles. The van der Waals surface area contributed by atoms with Crippen LogP contribution in [0.4, 0.5) is 9.59 Å². The average molecular weight is 772 g/mol. The van der Waals surface area contributed by atoms with Crippen molar-refractivity contribution in [3.05, 3.63) is 96.1 Å². The van der Waals surface area contributed by atoms with E-state index in [0.29, 0.717) is 30.8 Å². The summed E-state index contributed by atoms with van der Waals surface area (Å²) in [6.45, 7) is 8.23. The molecule has 0 aliphatic carbocycles. The maximum absolute atomic E-state index is 15.0. The molecule has 5 amide bonds. The molecule has 13 heteroatoms. The van der Waals surface area contributed by atoms with Gasteiger partial charge in [-0.1, -0.05) is 105 Å². The number of ether oxygens (including phenoxy) is 2. The number of amides is 5. The maximum Gasteiger partial charge on any atom is 0.409 e. The zero-order valence-electron chi connectivity index (χ0n) is 32.9. The minimum atomic E-state index is -2.12. The molecule has 4 unspecified atom stereocenters. The third kappa shape index (κ3) is 13.0. The molecular weight excluding hydrogens is 714 g/mol. The van der Waals surface area contributed by atoms with Gasteiger partial charge in [-0.05, 0) is 49.4 Å². The molecule has 3 aromatic carbocycles. The van der Waals surface area contributed by atoms with E-state index in [1.54, 1.807) is 57.2 Å². The highest BCUT2D eigenvalue weighted by Gasteiger charge is 2.48. The van der Waals surface area contributed by atoms with E-state index in [1.807, 2.05) is 55.5 Å². The van der Waals surface area contributed by atoms with E-state index in [1.165, 1.54) is 4.90 Å². The quantitative estimate of drug-likeness (QED) is 0.0941. The lowest BCUT2D eigenvalue weighted by Gasteiger charge is -2.40. The van der Waals surface area contributed by atoms with E-state index < -0.39 is 53.3 Å². The Bertz CT molecular complexity index is 1760. The molecule has 0 spiro atoms. The first-order chi connectivity index (χ1) is 26.7. The molecule has 302 valence electrons. The normalized spacial score (nSPS) is 15.7. The first-order valence-corrected chi connectivity index (χ1v) is 19.3. The predicted molar refractivity (Wildman–Crippen MR) is 213 cm³/mol. The van der Waals surface area contributed by atoms with Crippen LogP contribution in [0.3, 0.4) is 0 Å². The second-order valence-corrected chi connectivity index (χ2v) is 15.2. The molecule has 6 N–H and O–H groups in total. The van der Waals surface area contributed by atoms with Crippen LogP contribution < -0.4 is 21.7 Å². The van der Waals surface area contributed by atoms with E-state index >= 15 is 4.79 Å². The van der Waals surface area contributed by atoms with Crippen LogP contribution in [0.2, 0.25) is 0 Å². The monoisotopic (exact) mass is 771 g/mol. The first kappa shape index (κ1) is 43.6. The molecule has 0 saturated carbocycles. The molecule has 56 heavy (non-hydrogen) atoms. The summed E-state index contributed by atoms with van der Waals surface area (Å²) in [6, 6.07) is 23.8. The highest BCUT2D eigenvalue weighted by molar-refractivity contribution is 6.00. The van der Waals surface area contributed by atoms with E-state index in [2.05, 4.69) is 16.0 Å². The van der Waals surface area contributed by atoms with Crippen LogP contribution in [0, 0.1) is 5.92 Å². The summed E-state index contributed by atoms with van der Waals surface area (Å²) in [5.74, 6) is -3.30. The lowest BCUT2D eigenvalue weighted by molar-refractivity contribution is -0.136. The summed E-state index contributed by atoms with van der Waals surface area (Å²) in [7, 11) is 0. The maximum atomic E-state index is 15.0. The summed E-state index contributed by atoms with van der Waals surface area (Å²) in [6.07, 6.45) is -0.956. The number of imide groups is 1. The number of aliphatic hydroxyl groups excluding tert-OH is 1. The number of morpholine rings is 1. The number of rotatable bonds is 17. The molecule has 13 nitrogen and oxygen atoms in total. The van der Waals surface area contributed by atoms with Gasteiger partial charge in [0, 0.05) is 44.7 Å². The topological polar surface area (TPSA) is 189 Å². The number of nitrogens with two attached hydrogens (primary N) is 1. The van der Waals surface area contributed by atoms with Crippen molar-refractivity contribution < 1.29 is 38.6 Å². The number of nitrogens with zero attached hydrogens (tertiary/aromatic N) is 1. The highest BCUT2D eigenvalue weighted by atomic mass is 16.6. The summed E-state index contributed by atoms with van der Waals surface area (Å²) in [5.41, 5.74) is 7.17. The Morgan fingerprint density at radius 1 is 0.875 bits per heavy atom. The van der Waals surface area contributed by atoms with Gasteiger partial charge in [-0.15, -0.1) is 0 Å². The highest BCUT2D eigenvalue weighted by Crippen LogP contribution is 2.32. The molecular formula is C43H57N5O8. The number of nitrogens with one attached hydrogen (secondary N) is 3. The SMILES string of the molecule is CCCCCC(=O)CC(C(O)NC(=O)OC(C)(C)C)C(N)(Cc1ccccc1-c1ccccc1)C(=O)NC(Cc1ccccc1)C(=O)NC(=O)N1CCOCC1. The number of carbonyl (C=O) groups is 5. The van der Waals surface area contributed by atoms with E-state index in [9.17, 15) is 24.3 Å². The van der Waals surface area contributed by atoms with Gasteiger partial charge in [0.2, 0.25) is 5.91 Å². The molecule has 0 radical (unpaired) electrons. The van der Waals surface area contributed by atoms with Gasteiger partial charge in [0.15, 0.2) is 0 Å². The van der Waals surface area contributed by atoms with Gasteiger partial charge in [0.1, 0.15) is 29.2 Å². The molecule has 1 aliphatic rings. The summed E-state index contributed by atoms with van der Waals surface area (Å²) in [4.78, 5) is 70.3. The van der Waals surface area contributed by atoms with Crippen molar-refractivity contribution in [3.63, 3.8) is 0 Å². The fourth-order valence-corrected chi connectivity index (χ4v) is 6.68. The van der Waals surface area contributed by atoms with Crippen molar-refractivity contribution in [2.45, 2.75) is 96.1 Å². The zero-order chi connectivity index (χ0) is 40.7. The molecule has 1 heterocycles. The fourth-order valence-electron chi connectivity index (χ4n) is 6.68. The Kier molecular flexibility index (Phi) is 16.1. The molecule has 1 fully saturated rings. The third-order valence-corrected chi connectivity index (χ3v) is 9.65. The Morgan fingerprint density at radius 3 is 2.14 bits per heavy atom. The third-order valence-electron chi connectivity index (χ3n) is 9.65. The minimum absolute atomic E-state index is 0.00911. The first-order valence-electron chi connectivity index (χ1n) is 19.3. The number of aliphatic hydroxyl groups is 1. The van der Waals surface area contributed by atoms with Crippen molar-refractivity contribution in [2.75, 3.05) is 26.3 Å². The number of urea groups is 1. The molecule has 4 rings (SSSR count). The molecule has 1 aliphatic heterocycles. The number of carbonyl (C=O) groups excluding carboxylic acids is 5. The largest absolute Gasteiger partial charge is 0.444 e. The van der Waals surface area contributed by atoms with Gasteiger partial charge in [-0.2, -0.15) is 0 Å². The van der Waals surface area contributed by atoms with Crippen LogP contribution in [0.25, 0.3) is 11.1 Å². The van der Waals surface area contributed by atoms with Crippen molar-refractivity contribution in [2.24, 2.45) is 11.7 Å². The second kappa shape index (κ2) is 20.7. The van der Waals surface area contributed by atoms with Crippen molar-refractivity contribution in [1.29, 1.82) is 0 Å². The summed E-state index contributed by atoms with van der Waals surface area (Å²) < 4.78 is 10.8. The number of hydrogen-bond donors (Lipinski definition) is 5. The molecule has 1 saturated heterocycles. The number of hydrogen-bond acceptors (Lipinski definition) is 9. The Balaban J connectivity index is 1.79. The molecule has 0 bridgehead atoms. The summed E-state index contributed by atoms with van der Waals surface area (Å²) >= 11 is 0. The zero-order valence-corrected chi connectivity index (χ0v) is 32.9. The summed E-state index contributed by atoms with van der Waals surface area (Å²) in [5, 5.41) is 19.5. The Labute approximate surface area is 329 Å². The number of benzene rings is 3. The lowest BCUT2D eigenvalue weighted by atomic mass is 9.73. The smallest absolute Gasteiger partial charge is 0.409 e. The van der Waals surface area contributed by atoms with Crippen LogP contribution in [-0.2, 0) is 36.7 Å². The van der Waals surface area contributed by atoms with Crippen molar-refractivity contribution in [1.82, 2.24) is 20.9 Å². The van der Waals surface area contributed by atoms with Crippen LogP contribution in [0.1, 0.15) is 70.9 Å². The van der Waals surface area contributed by atoms with Gasteiger partial charge in [-0.3, -0.25) is 25.0 Å². The van der Waals surface area contributed by atoms with Crippen molar-refractivity contribution in [3.8, 4) is 11.1 Å². The number of alkyl carbamates (subject to hydrolysis) is 1. The van der Waals surface area contributed by atoms with Gasteiger partial charge < -0.3 is 30.5 Å². The predicted octanol–water partition coefficient (Wildman–Crippen LogP) is 4.89. The van der Waals surface area contributed by atoms with Gasteiger partial charge in [0.25, 0.3) is 5.91 Å². The lowest BCUT2D eigenvalue weighted by Crippen LogP contribution is -2.67. The van der Waals surface area contributed by atoms with Crippen molar-refractivity contribution >= 4 is 29.7 Å². The van der Waals surface area contributed by atoms with Crippen LogP contribution in [-0.4, -0.2) is 89.4 Å². The Morgan fingerprint density at radius 2 is 1.50 bits per heavy atom. The average Bonchev–Trinajstić information content (AvgIpc) is 3.17. The minimum Gasteiger partial charge on any atom is -0.444 e. The van der Waals surface area contributed by atoms with E-state index in [-0.39, 0.29) is 44.6 Å². The van der Waals surface area contributed by atoms with Gasteiger partial charge >= 0.3 is 12.1 Å². The molecule has 4 atom stereocenters. The van der Waals surface area contributed by atoms with E-state index in [0.717, 1.165) is 24.0 Å². The number of ketones is 1. The van der Waals surface area contributed by atoms with E-state index in [4.69, 9.17) is 15.2 Å². The fraction of sp³-hybridized carbons (Fsp3) is 0.465. The number of unbranched alkanes of at least 4 members (excludes halogenated alkanes) is 2. The van der Waals surface area contributed by atoms with Crippen LogP contribution in [0.15, 0.2) is 84.9 Å². The van der Waals surface area contributed by atoms with Gasteiger partial charge in [-0.25, -0.2) is 9.59 Å². The molecule has 3 aromatic rings. The standard InChI is InChI=1S/C43H57N5O8/c1-5-6-9-21-33(49)28-35(37(50)47-41(54)56-42(2,3)4)43(44,29-32-20-14-15-22-34(32)31-18-12-8-13-19-31)39(52)45-36(27-30-16-10-7-11-17-30)38(51)46-40(53)48-23-25-55-26-24-48/h7-8,10-20,22,35-37,50H,5-6,9,21,23-29,44H2,1-4H3,(H,45,52)(H,47,54)(H,46,51,53). The van der Waals surface area contributed by atoms with Crippen LogP contribution in [0.5, 0.6) is 0 Å². The second-order valence-electron chi connectivity index (χ2n) is 15.2. The van der Waals surface area contributed by atoms with Crippen LogP contribution >= 0.6 is 0 Å².